The molecule has 0 aromatic carbocycles. The second-order valence-electron chi connectivity index (χ2n) is 4.30. The summed E-state index contributed by atoms with van der Waals surface area (Å²) in [5, 5.41) is 6.03. The van der Waals surface area contributed by atoms with Crippen LogP contribution in [-0.2, 0) is 16.0 Å². The fraction of sp³-hybridized carbons (Fsp3) is 0.615. The zero-order valence-corrected chi connectivity index (χ0v) is 13.8. The van der Waals surface area contributed by atoms with Crippen LogP contribution in [0.4, 0.5) is 0 Å². The van der Waals surface area contributed by atoms with Crippen molar-refractivity contribution in [3.63, 3.8) is 0 Å². The van der Waals surface area contributed by atoms with Crippen LogP contribution in [0.3, 0.4) is 0 Å². The van der Waals surface area contributed by atoms with Gasteiger partial charge in [0, 0.05) is 33.2 Å². The molecule has 0 fully saturated rings. The fourth-order valence-corrected chi connectivity index (χ4v) is 3.21. The molecule has 7 heteroatoms. The van der Waals surface area contributed by atoms with Gasteiger partial charge in [0.2, 0.25) is 5.91 Å². The van der Waals surface area contributed by atoms with Gasteiger partial charge in [0.25, 0.3) is 0 Å². The Morgan fingerprint density at radius 3 is 2.80 bits per heavy atom. The van der Waals surface area contributed by atoms with E-state index < -0.39 is 0 Å². The Labute approximate surface area is 133 Å². The lowest BCUT2D eigenvalue weighted by atomic mass is 10.1. The van der Waals surface area contributed by atoms with Gasteiger partial charge in [0.1, 0.15) is 0 Å². The molecule has 0 atom stereocenters. The molecule has 0 aliphatic carbocycles. The van der Waals surface area contributed by atoms with Crippen molar-refractivity contribution in [1.29, 1.82) is 0 Å². The zero-order chi connectivity index (χ0) is 14.8. The smallest absolute Gasteiger partial charge is 0.220 e. The molecule has 0 radical (unpaired) electrons. The summed E-state index contributed by atoms with van der Waals surface area (Å²) in [7, 11) is 1.66. The van der Waals surface area contributed by atoms with Crippen LogP contribution in [0.15, 0.2) is 6.07 Å². The van der Waals surface area contributed by atoms with E-state index in [1.165, 1.54) is 11.3 Å². The summed E-state index contributed by atoms with van der Waals surface area (Å²) < 4.78 is 6.32. The third kappa shape index (κ3) is 7.45. The molecule has 0 spiro atoms. The lowest BCUT2D eigenvalue weighted by Crippen LogP contribution is -2.32. The molecule has 0 aliphatic heterocycles. The van der Waals surface area contributed by atoms with Crippen molar-refractivity contribution in [3.05, 3.63) is 20.3 Å². The molecule has 1 rings (SSSR count). The van der Waals surface area contributed by atoms with E-state index in [1.807, 2.05) is 6.07 Å². The fourth-order valence-electron chi connectivity index (χ4n) is 1.66. The highest BCUT2D eigenvalue weighted by atomic mass is 35.5. The monoisotopic (exact) mass is 338 g/mol. The van der Waals surface area contributed by atoms with Crippen LogP contribution in [0.1, 0.15) is 18.4 Å². The molecule has 2 N–H and O–H groups in total. The second-order valence-corrected chi connectivity index (χ2v) is 6.58. The van der Waals surface area contributed by atoms with Crippen LogP contribution in [0.5, 0.6) is 0 Å². The van der Waals surface area contributed by atoms with Gasteiger partial charge in [-0.25, -0.2) is 0 Å². The first kappa shape index (κ1) is 17.7. The van der Waals surface area contributed by atoms with Gasteiger partial charge < -0.3 is 15.4 Å². The molecule has 0 saturated carbocycles. The minimum absolute atomic E-state index is 0.0657. The molecule has 1 aromatic rings. The van der Waals surface area contributed by atoms with E-state index in [9.17, 15) is 4.79 Å². The van der Waals surface area contributed by atoms with Crippen LogP contribution in [-0.4, -0.2) is 39.3 Å². The van der Waals surface area contributed by atoms with E-state index in [-0.39, 0.29) is 5.91 Å². The molecular formula is C13H20Cl2N2O2S. The number of halogens is 2. The molecule has 20 heavy (non-hydrogen) atoms. The zero-order valence-electron chi connectivity index (χ0n) is 11.5. The minimum Gasteiger partial charge on any atom is -0.383 e. The minimum atomic E-state index is 0.0657. The number of thiophene rings is 1. The molecule has 4 nitrogen and oxygen atoms in total. The van der Waals surface area contributed by atoms with Crippen molar-refractivity contribution >= 4 is 40.4 Å². The standard InChI is InChI=1S/C13H20Cl2N2O2S/c1-19-8-7-16-5-6-17-12(18)4-2-3-10-9-11(14)20-13(10)15/h9,16H,2-8H2,1H3,(H,17,18). The lowest BCUT2D eigenvalue weighted by Gasteiger charge is -2.06. The highest BCUT2D eigenvalue weighted by Crippen LogP contribution is 2.31. The molecule has 0 saturated heterocycles. The first-order chi connectivity index (χ1) is 9.63. The van der Waals surface area contributed by atoms with Crippen LogP contribution in [0.2, 0.25) is 8.67 Å². The maximum atomic E-state index is 11.6. The predicted molar refractivity (Wildman–Crippen MR) is 85.0 cm³/mol. The molecule has 0 bridgehead atoms. The molecule has 0 aliphatic rings. The number of rotatable bonds is 10. The van der Waals surface area contributed by atoms with Crippen LogP contribution in [0.25, 0.3) is 0 Å². The topological polar surface area (TPSA) is 50.4 Å². The third-order valence-electron chi connectivity index (χ3n) is 2.68. The van der Waals surface area contributed by atoms with Crippen LogP contribution in [0, 0.1) is 0 Å². The highest BCUT2D eigenvalue weighted by Gasteiger charge is 2.07. The van der Waals surface area contributed by atoms with Crippen LogP contribution >= 0.6 is 34.5 Å². The first-order valence-electron chi connectivity index (χ1n) is 6.53. The van der Waals surface area contributed by atoms with Gasteiger partial charge in [-0.1, -0.05) is 23.2 Å². The predicted octanol–water partition coefficient (Wildman–Crippen LogP) is 2.73. The van der Waals surface area contributed by atoms with Crippen molar-refractivity contribution in [2.75, 3.05) is 33.4 Å². The van der Waals surface area contributed by atoms with Gasteiger partial charge in [-0.2, -0.15) is 0 Å². The average Bonchev–Trinajstić information content (AvgIpc) is 2.72. The van der Waals surface area contributed by atoms with Crippen molar-refractivity contribution in [2.24, 2.45) is 0 Å². The summed E-state index contributed by atoms with van der Waals surface area (Å²) >= 11 is 13.2. The lowest BCUT2D eigenvalue weighted by molar-refractivity contribution is -0.121. The molecule has 114 valence electrons. The number of carbonyl (C=O) groups is 1. The molecule has 1 amide bonds. The highest BCUT2D eigenvalue weighted by molar-refractivity contribution is 7.20. The van der Waals surface area contributed by atoms with E-state index in [0.717, 1.165) is 35.8 Å². The van der Waals surface area contributed by atoms with E-state index in [0.29, 0.717) is 23.9 Å². The van der Waals surface area contributed by atoms with E-state index >= 15 is 0 Å². The number of hydrogen-bond donors (Lipinski definition) is 2. The summed E-state index contributed by atoms with van der Waals surface area (Å²) in [4.78, 5) is 11.6. The van der Waals surface area contributed by atoms with Gasteiger partial charge in [-0.15, -0.1) is 11.3 Å². The van der Waals surface area contributed by atoms with Crippen molar-refractivity contribution in [3.8, 4) is 0 Å². The number of methoxy groups -OCH3 is 1. The third-order valence-corrected chi connectivity index (χ3v) is 4.25. The van der Waals surface area contributed by atoms with Gasteiger partial charge >= 0.3 is 0 Å². The Bertz CT molecular complexity index is 413. The van der Waals surface area contributed by atoms with Gasteiger partial charge in [-0.3, -0.25) is 4.79 Å². The SMILES string of the molecule is COCCNCCNC(=O)CCCc1cc(Cl)sc1Cl. The Morgan fingerprint density at radius 2 is 2.15 bits per heavy atom. The van der Waals surface area contributed by atoms with E-state index in [1.54, 1.807) is 7.11 Å². The number of aryl methyl sites for hydroxylation is 1. The summed E-state index contributed by atoms with van der Waals surface area (Å²) in [6.07, 6.45) is 2.05. The van der Waals surface area contributed by atoms with Gasteiger partial charge in [-0.05, 0) is 24.5 Å². The number of nitrogens with one attached hydrogen (secondary N) is 2. The summed E-state index contributed by atoms with van der Waals surface area (Å²) in [6.45, 7) is 2.86. The summed E-state index contributed by atoms with van der Waals surface area (Å²) in [5.74, 6) is 0.0657. The Balaban J connectivity index is 2.04. The van der Waals surface area contributed by atoms with E-state index in [4.69, 9.17) is 27.9 Å². The van der Waals surface area contributed by atoms with E-state index in [2.05, 4.69) is 10.6 Å². The first-order valence-corrected chi connectivity index (χ1v) is 8.10. The molecule has 1 heterocycles. The maximum Gasteiger partial charge on any atom is 0.220 e. The summed E-state index contributed by atoms with van der Waals surface area (Å²) in [6, 6.07) is 1.87. The molecule has 0 unspecified atom stereocenters. The van der Waals surface area contributed by atoms with Gasteiger partial charge in [0.15, 0.2) is 0 Å². The number of amides is 1. The van der Waals surface area contributed by atoms with Crippen molar-refractivity contribution in [2.45, 2.75) is 19.3 Å². The number of hydrogen-bond acceptors (Lipinski definition) is 4. The normalized spacial score (nSPS) is 10.8. The average molecular weight is 339 g/mol. The van der Waals surface area contributed by atoms with Gasteiger partial charge in [0.05, 0.1) is 15.3 Å². The summed E-state index contributed by atoms with van der Waals surface area (Å²) in [5.41, 5.74) is 1.02. The largest absolute Gasteiger partial charge is 0.383 e. The second kappa shape index (κ2) is 10.4. The molecule has 1 aromatic heterocycles. The number of ether oxygens (including phenoxy) is 1. The molecular weight excluding hydrogens is 319 g/mol. The van der Waals surface area contributed by atoms with Crippen LogP contribution < -0.4 is 10.6 Å². The Hall–Kier alpha value is -0.330. The van der Waals surface area contributed by atoms with Crippen molar-refractivity contribution in [1.82, 2.24) is 10.6 Å². The maximum absolute atomic E-state index is 11.6. The van der Waals surface area contributed by atoms with Crippen molar-refractivity contribution < 1.29 is 9.53 Å². The Kier molecular flexibility index (Phi) is 9.22. The quantitative estimate of drug-likeness (QED) is 0.645. The Morgan fingerprint density at radius 1 is 1.35 bits per heavy atom. The number of carbonyl (C=O) groups excluding carboxylic acids is 1.